The summed E-state index contributed by atoms with van der Waals surface area (Å²) in [6.45, 7) is 5.71. The zero-order valence-corrected chi connectivity index (χ0v) is 19.8. The molecule has 0 atom stereocenters. The van der Waals surface area contributed by atoms with Gasteiger partial charge >= 0.3 is 0 Å². The molecule has 1 saturated heterocycles. The number of halogens is 1. The lowest BCUT2D eigenvalue weighted by Gasteiger charge is -2.36. The summed E-state index contributed by atoms with van der Waals surface area (Å²) < 4.78 is 10.7. The first-order valence-corrected chi connectivity index (χ1v) is 9.66. The standard InChI is InChI=1S/C22H30N4O2.HI/c1-23-22(24-16-19-9-10-20(27-2)21(15-19)28-3)26-13-11-25(12-14-26)17-18-7-5-4-6-8-18;/h4-10,15H,11-14,16-17H2,1-3H3,(H,23,24);1H. The zero-order valence-electron chi connectivity index (χ0n) is 17.4. The summed E-state index contributed by atoms with van der Waals surface area (Å²) in [6, 6.07) is 16.6. The molecule has 0 bridgehead atoms. The van der Waals surface area contributed by atoms with Crippen molar-refractivity contribution in [1.29, 1.82) is 0 Å². The van der Waals surface area contributed by atoms with Gasteiger partial charge in [-0.1, -0.05) is 36.4 Å². The van der Waals surface area contributed by atoms with Crippen LogP contribution < -0.4 is 14.8 Å². The number of piperazine rings is 1. The molecule has 158 valence electrons. The molecule has 0 aliphatic carbocycles. The van der Waals surface area contributed by atoms with E-state index in [1.807, 2.05) is 25.2 Å². The summed E-state index contributed by atoms with van der Waals surface area (Å²) >= 11 is 0. The number of aliphatic imine (C=N–C) groups is 1. The Balaban J connectivity index is 0.00000300. The summed E-state index contributed by atoms with van der Waals surface area (Å²) in [7, 11) is 5.14. The first-order chi connectivity index (χ1) is 13.7. The zero-order chi connectivity index (χ0) is 19.8. The smallest absolute Gasteiger partial charge is 0.194 e. The number of rotatable bonds is 6. The molecule has 1 fully saturated rings. The Morgan fingerprint density at radius 2 is 1.62 bits per heavy atom. The molecular weight excluding hydrogens is 479 g/mol. The maximum Gasteiger partial charge on any atom is 0.194 e. The highest BCUT2D eigenvalue weighted by Gasteiger charge is 2.19. The molecule has 3 rings (SSSR count). The Bertz CT molecular complexity index is 778. The van der Waals surface area contributed by atoms with Crippen LogP contribution in [0.3, 0.4) is 0 Å². The summed E-state index contributed by atoms with van der Waals surface area (Å²) in [5.41, 5.74) is 2.49. The topological polar surface area (TPSA) is 49.3 Å². The van der Waals surface area contributed by atoms with Gasteiger partial charge in [0.1, 0.15) is 0 Å². The van der Waals surface area contributed by atoms with E-state index in [2.05, 4.69) is 50.4 Å². The normalized spacial score (nSPS) is 14.9. The number of benzene rings is 2. The van der Waals surface area contributed by atoms with Crippen LogP contribution in [0.15, 0.2) is 53.5 Å². The molecule has 2 aromatic rings. The van der Waals surface area contributed by atoms with Crippen molar-refractivity contribution in [2.24, 2.45) is 4.99 Å². The highest BCUT2D eigenvalue weighted by atomic mass is 127. The molecule has 29 heavy (non-hydrogen) atoms. The van der Waals surface area contributed by atoms with Gasteiger partial charge < -0.3 is 19.7 Å². The minimum absolute atomic E-state index is 0. The van der Waals surface area contributed by atoms with Gasteiger partial charge in [-0.25, -0.2) is 0 Å². The molecular formula is C22H31IN4O2. The highest BCUT2D eigenvalue weighted by molar-refractivity contribution is 14.0. The molecule has 0 spiro atoms. The Morgan fingerprint density at radius 1 is 0.931 bits per heavy atom. The third-order valence-electron chi connectivity index (χ3n) is 5.03. The largest absolute Gasteiger partial charge is 0.493 e. The summed E-state index contributed by atoms with van der Waals surface area (Å²) in [6.07, 6.45) is 0. The van der Waals surface area contributed by atoms with E-state index in [-0.39, 0.29) is 24.0 Å². The number of ether oxygens (including phenoxy) is 2. The van der Waals surface area contributed by atoms with Gasteiger partial charge in [-0.3, -0.25) is 9.89 Å². The van der Waals surface area contributed by atoms with E-state index in [0.29, 0.717) is 6.54 Å². The van der Waals surface area contributed by atoms with E-state index in [1.54, 1.807) is 14.2 Å². The molecule has 0 radical (unpaired) electrons. The first kappa shape index (κ1) is 23.3. The van der Waals surface area contributed by atoms with Gasteiger partial charge in [-0.2, -0.15) is 0 Å². The van der Waals surface area contributed by atoms with E-state index >= 15 is 0 Å². The second kappa shape index (κ2) is 11.9. The number of hydrogen-bond acceptors (Lipinski definition) is 4. The Morgan fingerprint density at radius 3 is 2.24 bits per heavy atom. The lowest BCUT2D eigenvalue weighted by atomic mass is 10.2. The quantitative estimate of drug-likeness (QED) is 0.368. The number of nitrogens with zero attached hydrogens (tertiary/aromatic N) is 3. The van der Waals surface area contributed by atoms with Crippen molar-refractivity contribution in [1.82, 2.24) is 15.1 Å². The van der Waals surface area contributed by atoms with Gasteiger partial charge in [0.2, 0.25) is 0 Å². The average Bonchev–Trinajstić information content (AvgIpc) is 2.75. The lowest BCUT2D eigenvalue weighted by molar-refractivity contribution is 0.172. The van der Waals surface area contributed by atoms with Crippen molar-refractivity contribution in [2.45, 2.75) is 13.1 Å². The minimum atomic E-state index is 0. The Hall–Kier alpha value is -2.00. The van der Waals surface area contributed by atoms with Gasteiger partial charge in [0.15, 0.2) is 17.5 Å². The molecule has 0 unspecified atom stereocenters. The second-order valence-corrected chi connectivity index (χ2v) is 6.84. The van der Waals surface area contributed by atoms with Crippen LogP contribution in [0.25, 0.3) is 0 Å². The molecule has 1 aliphatic heterocycles. The van der Waals surface area contributed by atoms with E-state index < -0.39 is 0 Å². The number of hydrogen-bond donors (Lipinski definition) is 1. The summed E-state index contributed by atoms with van der Waals surface area (Å²) in [5, 5.41) is 3.47. The van der Waals surface area contributed by atoms with E-state index in [1.165, 1.54) is 5.56 Å². The molecule has 1 heterocycles. The van der Waals surface area contributed by atoms with Gasteiger partial charge in [-0.15, -0.1) is 24.0 Å². The fraction of sp³-hybridized carbons (Fsp3) is 0.409. The van der Waals surface area contributed by atoms with Crippen LogP contribution in [-0.2, 0) is 13.1 Å². The van der Waals surface area contributed by atoms with Crippen molar-refractivity contribution < 1.29 is 9.47 Å². The summed E-state index contributed by atoms with van der Waals surface area (Å²) in [4.78, 5) is 9.28. The lowest BCUT2D eigenvalue weighted by Crippen LogP contribution is -2.52. The van der Waals surface area contributed by atoms with Gasteiger partial charge in [0.05, 0.1) is 14.2 Å². The molecule has 2 aromatic carbocycles. The third kappa shape index (κ3) is 6.50. The van der Waals surface area contributed by atoms with Gasteiger partial charge in [0, 0.05) is 46.3 Å². The second-order valence-electron chi connectivity index (χ2n) is 6.84. The average molecular weight is 510 g/mol. The number of nitrogens with one attached hydrogen (secondary N) is 1. The van der Waals surface area contributed by atoms with Crippen molar-refractivity contribution in [3.63, 3.8) is 0 Å². The molecule has 1 aliphatic rings. The highest BCUT2D eigenvalue weighted by Crippen LogP contribution is 2.27. The maximum atomic E-state index is 5.39. The van der Waals surface area contributed by atoms with Crippen LogP contribution in [0.5, 0.6) is 11.5 Å². The Labute approximate surface area is 190 Å². The van der Waals surface area contributed by atoms with Gasteiger partial charge in [0.25, 0.3) is 0 Å². The first-order valence-electron chi connectivity index (χ1n) is 9.66. The van der Waals surface area contributed by atoms with Crippen LogP contribution in [-0.4, -0.2) is 63.2 Å². The molecule has 1 N–H and O–H groups in total. The molecule has 0 aromatic heterocycles. The predicted molar refractivity (Wildman–Crippen MR) is 128 cm³/mol. The number of guanidine groups is 1. The van der Waals surface area contributed by atoms with Crippen molar-refractivity contribution in [3.05, 3.63) is 59.7 Å². The van der Waals surface area contributed by atoms with Crippen molar-refractivity contribution in [3.8, 4) is 11.5 Å². The third-order valence-corrected chi connectivity index (χ3v) is 5.03. The maximum absolute atomic E-state index is 5.39. The van der Waals surface area contributed by atoms with E-state index in [9.17, 15) is 0 Å². The van der Waals surface area contributed by atoms with Gasteiger partial charge in [-0.05, 0) is 23.3 Å². The SMILES string of the molecule is CN=C(NCc1ccc(OC)c(OC)c1)N1CCN(Cc2ccccc2)CC1.I. The minimum Gasteiger partial charge on any atom is -0.493 e. The van der Waals surface area contributed by atoms with Crippen molar-refractivity contribution >= 4 is 29.9 Å². The van der Waals surface area contributed by atoms with E-state index in [0.717, 1.165) is 55.7 Å². The summed E-state index contributed by atoms with van der Waals surface area (Å²) in [5.74, 6) is 2.42. The fourth-order valence-corrected chi connectivity index (χ4v) is 3.46. The molecule has 7 heteroatoms. The van der Waals surface area contributed by atoms with E-state index in [4.69, 9.17) is 9.47 Å². The number of methoxy groups -OCH3 is 2. The molecule has 0 saturated carbocycles. The molecule has 0 amide bonds. The van der Waals surface area contributed by atoms with Crippen LogP contribution >= 0.6 is 24.0 Å². The van der Waals surface area contributed by atoms with Crippen LogP contribution in [0.1, 0.15) is 11.1 Å². The van der Waals surface area contributed by atoms with Crippen LogP contribution in [0.4, 0.5) is 0 Å². The Kier molecular flexibility index (Phi) is 9.53. The fourth-order valence-electron chi connectivity index (χ4n) is 3.46. The molecule has 6 nitrogen and oxygen atoms in total. The van der Waals surface area contributed by atoms with Crippen molar-refractivity contribution in [2.75, 3.05) is 47.4 Å². The van der Waals surface area contributed by atoms with Crippen LogP contribution in [0.2, 0.25) is 0 Å². The van der Waals surface area contributed by atoms with Crippen LogP contribution in [0, 0.1) is 0 Å². The predicted octanol–water partition coefficient (Wildman–Crippen LogP) is 3.22. The monoisotopic (exact) mass is 510 g/mol.